The Morgan fingerprint density at radius 3 is 2.26 bits per heavy atom. The Morgan fingerprint density at radius 1 is 1.03 bits per heavy atom. The predicted molar refractivity (Wildman–Crippen MR) is 112 cm³/mol. The first-order valence-corrected chi connectivity index (χ1v) is 9.56. The zero-order valence-corrected chi connectivity index (χ0v) is 17.0. The Labute approximate surface area is 178 Å². The molecule has 13 N–H and O–H groups in total. The number of aromatic amines is 1. The molecule has 14 nitrogen and oxygen atoms in total. The standard InChI is InChI=1S/C17H30N10O4/c18-10(6-9-7-23-8-25-9)15(30)27-12(3-4-13(19)28)16(31)26-11(14(20)29)2-1-5-24-17(21)22/h7-8,10-12H,1-6,18H2,(H2,19,28)(H2,20,29)(H,23,25)(H,26,31)(H,27,30)(H4,21,22,24)/t10-,11-,12-/m0/s1. The van der Waals surface area contributed by atoms with E-state index in [0.29, 0.717) is 12.1 Å². The van der Waals surface area contributed by atoms with Crippen molar-refractivity contribution in [2.45, 2.75) is 50.2 Å². The minimum Gasteiger partial charge on any atom is -0.370 e. The van der Waals surface area contributed by atoms with Crippen LogP contribution >= 0.6 is 0 Å². The van der Waals surface area contributed by atoms with Crippen LogP contribution < -0.4 is 39.3 Å². The summed E-state index contributed by atoms with van der Waals surface area (Å²) in [5.74, 6) is -2.84. The van der Waals surface area contributed by atoms with Crippen molar-refractivity contribution in [3.8, 4) is 0 Å². The smallest absolute Gasteiger partial charge is 0.243 e. The molecule has 0 radical (unpaired) electrons. The Kier molecular flexibility index (Phi) is 10.5. The maximum Gasteiger partial charge on any atom is 0.243 e. The van der Waals surface area contributed by atoms with E-state index in [1.165, 1.54) is 12.5 Å². The number of guanidine groups is 1. The van der Waals surface area contributed by atoms with E-state index in [4.69, 9.17) is 28.7 Å². The van der Waals surface area contributed by atoms with E-state index in [0.717, 1.165) is 0 Å². The first kappa shape index (κ1) is 25.4. The highest BCUT2D eigenvalue weighted by atomic mass is 16.2. The molecule has 0 unspecified atom stereocenters. The van der Waals surface area contributed by atoms with Crippen LogP contribution in [0.1, 0.15) is 31.4 Å². The number of primary amides is 2. The number of carbonyl (C=O) groups is 4. The summed E-state index contributed by atoms with van der Waals surface area (Å²) in [5, 5.41) is 4.96. The summed E-state index contributed by atoms with van der Waals surface area (Å²) in [4.78, 5) is 58.4. The van der Waals surface area contributed by atoms with Gasteiger partial charge in [0.2, 0.25) is 23.6 Å². The molecule has 0 bridgehead atoms. The van der Waals surface area contributed by atoms with E-state index in [1.807, 2.05) is 0 Å². The van der Waals surface area contributed by atoms with Gasteiger partial charge in [-0.05, 0) is 19.3 Å². The molecule has 172 valence electrons. The lowest BCUT2D eigenvalue weighted by Crippen LogP contribution is -2.55. The van der Waals surface area contributed by atoms with Gasteiger partial charge in [0.1, 0.15) is 12.1 Å². The molecule has 1 rings (SSSR count). The fourth-order valence-corrected chi connectivity index (χ4v) is 2.62. The molecule has 4 amide bonds. The van der Waals surface area contributed by atoms with Gasteiger partial charge < -0.3 is 44.3 Å². The van der Waals surface area contributed by atoms with Crippen LogP contribution in [0.25, 0.3) is 0 Å². The Bertz CT molecular complexity index is 776. The number of nitrogens with two attached hydrogens (primary N) is 5. The molecule has 0 saturated carbocycles. The van der Waals surface area contributed by atoms with Crippen molar-refractivity contribution in [2.75, 3.05) is 6.54 Å². The fourth-order valence-electron chi connectivity index (χ4n) is 2.62. The fraction of sp³-hybridized carbons (Fsp3) is 0.529. The molecular weight excluding hydrogens is 408 g/mol. The summed E-state index contributed by atoms with van der Waals surface area (Å²) in [5.41, 5.74) is 27.5. The van der Waals surface area contributed by atoms with Crippen LogP contribution in [-0.4, -0.2) is 64.2 Å². The molecule has 0 saturated heterocycles. The third-order valence-electron chi connectivity index (χ3n) is 4.25. The van der Waals surface area contributed by atoms with Gasteiger partial charge in [-0.3, -0.25) is 24.2 Å². The lowest BCUT2D eigenvalue weighted by atomic mass is 10.1. The van der Waals surface area contributed by atoms with Crippen LogP contribution in [0.2, 0.25) is 0 Å². The molecule has 3 atom stereocenters. The Balaban J connectivity index is 2.75. The monoisotopic (exact) mass is 438 g/mol. The lowest BCUT2D eigenvalue weighted by molar-refractivity contribution is -0.132. The molecule has 1 aromatic rings. The highest BCUT2D eigenvalue weighted by Gasteiger charge is 2.27. The number of nitrogens with zero attached hydrogens (tertiary/aromatic N) is 2. The van der Waals surface area contributed by atoms with Crippen molar-refractivity contribution in [2.24, 2.45) is 33.7 Å². The number of hydrogen-bond acceptors (Lipinski definition) is 7. The number of carbonyl (C=O) groups excluding carboxylic acids is 4. The van der Waals surface area contributed by atoms with Crippen molar-refractivity contribution >= 4 is 29.6 Å². The topological polar surface area (TPSA) is 263 Å². The number of amides is 4. The number of hydrogen-bond donors (Lipinski definition) is 8. The van der Waals surface area contributed by atoms with Crippen LogP contribution in [0.3, 0.4) is 0 Å². The number of H-pyrrole nitrogens is 1. The first-order chi connectivity index (χ1) is 14.6. The highest BCUT2D eigenvalue weighted by Crippen LogP contribution is 2.04. The first-order valence-electron chi connectivity index (χ1n) is 9.56. The van der Waals surface area contributed by atoms with Gasteiger partial charge in [0.25, 0.3) is 0 Å². The Hall–Kier alpha value is -3.68. The van der Waals surface area contributed by atoms with Gasteiger partial charge in [-0.1, -0.05) is 0 Å². The van der Waals surface area contributed by atoms with E-state index < -0.39 is 41.8 Å². The summed E-state index contributed by atoms with van der Waals surface area (Å²) >= 11 is 0. The second-order valence-electron chi connectivity index (χ2n) is 6.87. The molecule has 0 aliphatic carbocycles. The zero-order valence-electron chi connectivity index (χ0n) is 17.0. The molecule has 31 heavy (non-hydrogen) atoms. The van der Waals surface area contributed by atoms with Crippen LogP contribution in [0.15, 0.2) is 17.5 Å². The van der Waals surface area contributed by atoms with Gasteiger partial charge >= 0.3 is 0 Å². The van der Waals surface area contributed by atoms with Gasteiger partial charge in [0.05, 0.1) is 12.4 Å². The number of imidazole rings is 1. The maximum absolute atomic E-state index is 12.7. The SMILES string of the molecule is NC(=O)CC[C@H](NC(=O)[C@@H](N)Cc1cnc[nH]1)C(=O)N[C@@H](CCCN=C(N)N)C(N)=O. The van der Waals surface area contributed by atoms with Crippen molar-refractivity contribution < 1.29 is 19.2 Å². The van der Waals surface area contributed by atoms with Crippen LogP contribution in [0.5, 0.6) is 0 Å². The lowest BCUT2D eigenvalue weighted by Gasteiger charge is -2.23. The molecule has 0 spiro atoms. The second kappa shape index (κ2) is 12.8. The predicted octanol–water partition coefficient (Wildman–Crippen LogP) is -3.95. The van der Waals surface area contributed by atoms with E-state index in [2.05, 4.69) is 25.6 Å². The zero-order chi connectivity index (χ0) is 23.4. The van der Waals surface area contributed by atoms with Crippen LogP contribution in [-0.2, 0) is 25.6 Å². The quantitative estimate of drug-likeness (QED) is 0.0804. The molecule has 1 aromatic heterocycles. The van der Waals surface area contributed by atoms with Crippen molar-refractivity contribution in [3.63, 3.8) is 0 Å². The van der Waals surface area contributed by atoms with Gasteiger partial charge in [0.15, 0.2) is 5.96 Å². The minimum atomic E-state index is -1.15. The minimum absolute atomic E-state index is 0.0802. The third-order valence-corrected chi connectivity index (χ3v) is 4.25. The average molecular weight is 438 g/mol. The second-order valence-corrected chi connectivity index (χ2v) is 6.87. The average Bonchev–Trinajstić information content (AvgIpc) is 3.19. The normalized spacial score (nSPS) is 13.5. The van der Waals surface area contributed by atoms with Gasteiger partial charge in [-0.15, -0.1) is 0 Å². The van der Waals surface area contributed by atoms with E-state index in [1.54, 1.807) is 0 Å². The summed E-state index contributed by atoms with van der Waals surface area (Å²) in [7, 11) is 0. The third kappa shape index (κ3) is 10.1. The van der Waals surface area contributed by atoms with Gasteiger partial charge in [-0.2, -0.15) is 0 Å². The summed E-state index contributed by atoms with van der Waals surface area (Å²) in [6.45, 7) is 0.242. The van der Waals surface area contributed by atoms with Crippen molar-refractivity contribution in [1.29, 1.82) is 0 Å². The summed E-state index contributed by atoms with van der Waals surface area (Å²) in [6.07, 6.45) is 3.42. The molecule has 0 aliphatic rings. The Morgan fingerprint density at radius 2 is 1.71 bits per heavy atom. The molecule has 14 heteroatoms. The van der Waals surface area contributed by atoms with Crippen molar-refractivity contribution in [1.82, 2.24) is 20.6 Å². The van der Waals surface area contributed by atoms with E-state index >= 15 is 0 Å². The maximum atomic E-state index is 12.7. The molecule has 0 fully saturated rings. The number of rotatable bonds is 14. The van der Waals surface area contributed by atoms with Crippen LogP contribution in [0, 0.1) is 0 Å². The van der Waals surface area contributed by atoms with E-state index in [9.17, 15) is 19.2 Å². The number of aliphatic imine (C=N–C) groups is 1. The number of aromatic nitrogens is 2. The largest absolute Gasteiger partial charge is 0.370 e. The highest BCUT2D eigenvalue weighted by molar-refractivity contribution is 5.93. The molecule has 1 heterocycles. The number of nitrogens with one attached hydrogen (secondary N) is 3. The molecule has 0 aliphatic heterocycles. The molecule has 0 aromatic carbocycles. The van der Waals surface area contributed by atoms with E-state index in [-0.39, 0.29) is 38.2 Å². The summed E-state index contributed by atoms with van der Waals surface area (Å²) < 4.78 is 0. The van der Waals surface area contributed by atoms with Crippen molar-refractivity contribution in [3.05, 3.63) is 18.2 Å². The van der Waals surface area contributed by atoms with Crippen LogP contribution in [0.4, 0.5) is 0 Å². The van der Waals surface area contributed by atoms with Gasteiger partial charge in [0, 0.05) is 31.3 Å². The molecular formula is C17H30N10O4. The summed E-state index contributed by atoms with van der Waals surface area (Å²) in [6, 6.07) is -3.14. The van der Waals surface area contributed by atoms with Gasteiger partial charge in [-0.25, -0.2) is 4.98 Å².